The smallest absolute Gasteiger partial charge is 0.363 e. The molecule has 0 aromatic heterocycles. The second-order valence-electron chi connectivity index (χ2n) is 4.98. The standard InChI is InChI=1S/C19H14BrNO3/c1-2-10-23-17-9-4-3-6-13(17)12-16-19(22)24-18(21-16)14-7-5-8-15(20)11-14/h2-9,11-12H,1,10H2/b16-12-. The van der Waals surface area contributed by atoms with Crippen molar-refractivity contribution in [2.75, 3.05) is 6.61 Å². The lowest BCUT2D eigenvalue weighted by molar-refractivity contribution is -0.129. The number of halogens is 1. The molecule has 0 spiro atoms. The fraction of sp³-hybridized carbons (Fsp3) is 0.0526. The van der Waals surface area contributed by atoms with Crippen LogP contribution in [0.1, 0.15) is 11.1 Å². The van der Waals surface area contributed by atoms with Gasteiger partial charge in [0, 0.05) is 15.6 Å². The lowest BCUT2D eigenvalue weighted by atomic mass is 10.1. The molecule has 4 nitrogen and oxygen atoms in total. The van der Waals surface area contributed by atoms with E-state index in [9.17, 15) is 4.79 Å². The van der Waals surface area contributed by atoms with Crippen molar-refractivity contribution in [1.29, 1.82) is 0 Å². The SMILES string of the molecule is C=CCOc1ccccc1/C=C1\N=C(c2cccc(Br)c2)OC1=O. The fourth-order valence-electron chi connectivity index (χ4n) is 2.18. The summed E-state index contributed by atoms with van der Waals surface area (Å²) in [6, 6.07) is 14.8. The maximum Gasteiger partial charge on any atom is 0.363 e. The van der Waals surface area contributed by atoms with Gasteiger partial charge in [-0.1, -0.05) is 52.9 Å². The first-order chi connectivity index (χ1) is 11.7. The van der Waals surface area contributed by atoms with Crippen molar-refractivity contribution < 1.29 is 14.3 Å². The molecule has 1 aliphatic heterocycles. The van der Waals surface area contributed by atoms with E-state index >= 15 is 0 Å². The molecule has 0 saturated carbocycles. The molecule has 3 rings (SSSR count). The Hall–Kier alpha value is -2.66. The van der Waals surface area contributed by atoms with Crippen LogP contribution >= 0.6 is 15.9 Å². The van der Waals surface area contributed by atoms with E-state index in [1.807, 2.05) is 48.5 Å². The Labute approximate surface area is 148 Å². The van der Waals surface area contributed by atoms with Gasteiger partial charge >= 0.3 is 5.97 Å². The molecule has 5 heteroatoms. The van der Waals surface area contributed by atoms with Crippen LogP contribution in [0, 0.1) is 0 Å². The van der Waals surface area contributed by atoms with Gasteiger partial charge in [0.1, 0.15) is 12.4 Å². The molecule has 0 atom stereocenters. The number of cyclic esters (lactones) is 1. The predicted octanol–water partition coefficient (Wildman–Crippen LogP) is 4.36. The van der Waals surface area contributed by atoms with Crippen molar-refractivity contribution in [3.8, 4) is 5.75 Å². The molecular formula is C19H14BrNO3. The van der Waals surface area contributed by atoms with E-state index < -0.39 is 5.97 Å². The minimum Gasteiger partial charge on any atom is -0.489 e. The van der Waals surface area contributed by atoms with E-state index in [0.717, 1.165) is 15.6 Å². The summed E-state index contributed by atoms with van der Waals surface area (Å²) >= 11 is 3.39. The summed E-state index contributed by atoms with van der Waals surface area (Å²) in [7, 11) is 0. The van der Waals surface area contributed by atoms with Gasteiger partial charge in [0.05, 0.1) is 0 Å². The first-order valence-electron chi connectivity index (χ1n) is 7.28. The number of para-hydroxylation sites is 1. The fourth-order valence-corrected chi connectivity index (χ4v) is 2.58. The molecule has 120 valence electrons. The van der Waals surface area contributed by atoms with Gasteiger partial charge in [-0.05, 0) is 30.3 Å². The number of carbonyl (C=O) groups excluding carboxylic acids is 1. The van der Waals surface area contributed by atoms with E-state index in [1.54, 1.807) is 12.2 Å². The molecule has 0 aliphatic carbocycles. The van der Waals surface area contributed by atoms with Gasteiger partial charge < -0.3 is 9.47 Å². The minimum absolute atomic E-state index is 0.236. The highest BCUT2D eigenvalue weighted by Crippen LogP contribution is 2.25. The van der Waals surface area contributed by atoms with Crippen molar-refractivity contribution in [3.63, 3.8) is 0 Å². The molecule has 1 heterocycles. The van der Waals surface area contributed by atoms with Gasteiger partial charge in [0.25, 0.3) is 0 Å². The molecule has 0 amide bonds. The number of esters is 1. The molecule has 1 aliphatic rings. The number of ether oxygens (including phenoxy) is 2. The first-order valence-corrected chi connectivity index (χ1v) is 8.08. The van der Waals surface area contributed by atoms with Crippen LogP contribution in [0.3, 0.4) is 0 Å². The van der Waals surface area contributed by atoms with Gasteiger partial charge in [-0.15, -0.1) is 0 Å². The summed E-state index contributed by atoms with van der Waals surface area (Å²) in [6.07, 6.45) is 3.32. The Balaban J connectivity index is 1.93. The average Bonchev–Trinajstić information content (AvgIpc) is 2.95. The summed E-state index contributed by atoms with van der Waals surface area (Å²) in [6.45, 7) is 4.02. The van der Waals surface area contributed by atoms with Gasteiger partial charge in [-0.2, -0.15) is 0 Å². The highest BCUT2D eigenvalue weighted by Gasteiger charge is 2.24. The van der Waals surface area contributed by atoms with Gasteiger partial charge in [0.15, 0.2) is 5.70 Å². The number of hydrogen-bond acceptors (Lipinski definition) is 4. The van der Waals surface area contributed by atoms with Crippen LogP contribution in [-0.2, 0) is 9.53 Å². The highest BCUT2D eigenvalue weighted by atomic mass is 79.9. The van der Waals surface area contributed by atoms with Gasteiger partial charge in [-0.3, -0.25) is 0 Å². The van der Waals surface area contributed by atoms with Crippen LogP contribution in [0.2, 0.25) is 0 Å². The Morgan fingerprint density at radius 1 is 1.21 bits per heavy atom. The summed E-state index contributed by atoms with van der Waals surface area (Å²) in [5.41, 5.74) is 1.72. The van der Waals surface area contributed by atoms with Crippen LogP contribution in [0.15, 0.2) is 76.3 Å². The van der Waals surface area contributed by atoms with E-state index in [4.69, 9.17) is 9.47 Å². The predicted molar refractivity (Wildman–Crippen MR) is 96.9 cm³/mol. The highest BCUT2D eigenvalue weighted by molar-refractivity contribution is 9.10. The average molecular weight is 384 g/mol. The summed E-state index contributed by atoms with van der Waals surface area (Å²) < 4.78 is 11.8. The summed E-state index contributed by atoms with van der Waals surface area (Å²) in [5.74, 6) is 0.462. The first kappa shape index (κ1) is 16.2. The molecule has 0 radical (unpaired) electrons. The van der Waals surface area contributed by atoms with Gasteiger partial charge in [0.2, 0.25) is 5.90 Å². The maximum absolute atomic E-state index is 12.1. The van der Waals surface area contributed by atoms with Crippen molar-refractivity contribution in [2.24, 2.45) is 4.99 Å². The third kappa shape index (κ3) is 3.63. The number of hydrogen-bond donors (Lipinski definition) is 0. The Morgan fingerprint density at radius 3 is 2.83 bits per heavy atom. The molecule has 0 bridgehead atoms. The van der Waals surface area contributed by atoms with Crippen LogP contribution < -0.4 is 4.74 Å². The zero-order valence-corrected chi connectivity index (χ0v) is 14.3. The number of nitrogens with zero attached hydrogens (tertiary/aromatic N) is 1. The molecule has 0 unspecified atom stereocenters. The summed E-state index contributed by atoms with van der Waals surface area (Å²) in [4.78, 5) is 16.4. The van der Waals surface area contributed by atoms with Crippen molar-refractivity contribution in [2.45, 2.75) is 0 Å². The number of carbonyl (C=O) groups is 1. The van der Waals surface area contributed by atoms with Crippen LogP contribution in [0.4, 0.5) is 0 Å². The van der Waals surface area contributed by atoms with Crippen LogP contribution in [0.5, 0.6) is 5.75 Å². The normalized spacial score (nSPS) is 15.1. The van der Waals surface area contributed by atoms with Crippen LogP contribution in [0.25, 0.3) is 6.08 Å². The monoisotopic (exact) mass is 383 g/mol. The lowest BCUT2D eigenvalue weighted by Gasteiger charge is -2.06. The van der Waals surface area contributed by atoms with E-state index in [-0.39, 0.29) is 11.6 Å². The Kier molecular flexibility index (Phi) is 4.91. The Morgan fingerprint density at radius 2 is 2.04 bits per heavy atom. The molecule has 0 N–H and O–H groups in total. The largest absolute Gasteiger partial charge is 0.489 e. The maximum atomic E-state index is 12.1. The van der Waals surface area contributed by atoms with Crippen molar-refractivity contribution >= 4 is 33.9 Å². The third-order valence-corrected chi connectivity index (χ3v) is 3.75. The summed E-state index contributed by atoms with van der Waals surface area (Å²) in [5, 5.41) is 0. The molecule has 2 aromatic rings. The molecular weight excluding hydrogens is 370 g/mol. The van der Waals surface area contributed by atoms with Gasteiger partial charge in [-0.25, -0.2) is 9.79 Å². The molecule has 2 aromatic carbocycles. The molecule has 24 heavy (non-hydrogen) atoms. The second-order valence-corrected chi connectivity index (χ2v) is 5.90. The lowest BCUT2D eigenvalue weighted by Crippen LogP contribution is -2.05. The van der Waals surface area contributed by atoms with E-state index in [1.165, 1.54) is 0 Å². The number of rotatable bonds is 5. The Bertz CT molecular complexity index is 855. The quantitative estimate of drug-likeness (QED) is 0.437. The van der Waals surface area contributed by atoms with Crippen molar-refractivity contribution in [1.82, 2.24) is 0 Å². The number of aliphatic imine (C=N–C) groups is 1. The number of benzene rings is 2. The topological polar surface area (TPSA) is 47.9 Å². The zero-order chi connectivity index (χ0) is 16.9. The van der Waals surface area contributed by atoms with E-state index in [0.29, 0.717) is 12.4 Å². The molecule has 0 saturated heterocycles. The zero-order valence-electron chi connectivity index (χ0n) is 12.7. The minimum atomic E-state index is -0.483. The van der Waals surface area contributed by atoms with Crippen molar-refractivity contribution in [3.05, 3.63) is 82.5 Å². The second kappa shape index (κ2) is 7.27. The van der Waals surface area contributed by atoms with Crippen LogP contribution in [-0.4, -0.2) is 18.5 Å². The van der Waals surface area contributed by atoms with E-state index in [2.05, 4.69) is 27.5 Å². The third-order valence-electron chi connectivity index (χ3n) is 3.26. The molecule has 0 fully saturated rings.